The lowest BCUT2D eigenvalue weighted by atomic mass is 10.1. The van der Waals surface area contributed by atoms with Crippen LogP contribution in [-0.2, 0) is 6.54 Å². The van der Waals surface area contributed by atoms with E-state index in [1.807, 2.05) is 13.8 Å². The molecule has 14 heavy (non-hydrogen) atoms. The fourth-order valence-corrected chi connectivity index (χ4v) is 1.22. The number of rotatable bonds is 3. The summed E-state index contributed by atoms with van der Waals surface area (Å²) in [4.78, 5) is 15.7. The molecule has 1 aromatic rings. The molecule has 0 aromatic carbocycles. The van der Waals surface area contributed by atoms with Crippen molar-refractivity contribution in [3.63, 3.8) is 0 Å². The molecule has 4 heteroatoms. The fraction of sp³-hybridized carbons (Fsp3) is 0.400. The Morgan fingerprint density at radius 3 is 2.79 bits per heavy atom. The number of hydrogen-bond acceptors (Lipinski definition) is 3. The largest absolute Gasteiger partial charge is 0.352 e. The number of nitrogens with one attached hydrogen (secondary N) is 1. The maximum Gasteiger partial charge on any atom is 0.253 e. The average Bonchev–Trinajstić information content (AvgIpc) is 2.17. The van der Waals surface area contributed by atoms with Gasteiger partial charge < -0.3 is 11.1 Å². The molecule has 0 aliphatic heterocycles. The van der Waals surface area contributed by atoms with Crippen LogP contribution in [0.25, 0.3) is 0 Å². The molecule has 0 fully saturated rings. The van der Waals surface area contributed by atoms with E-state index < -0.39 is 0 Å². The normalized spacial score (nSPS) is 9.93. The van der Waals surface area contributed by atoms with E-state index in [0.29, 0.717) is 18.7 Å². The third-order valence-electron chi connectivity index (χ3n) is 1.93. The molecule has 0 saturated heterocycles. The van der Waals surface area contributed by atoms with Crippen molar-refractivity contribution < 1.29 is 4.79 Å². The number of nitrogens with zero attached hydrogens (tertiary/aromatic N) is 1. The molecule has 0 aliphatic carbocycles. The highest BCUT2D eigenvalue weighted by Gasteiger charge is 2.08. The van der Waals surface area contributed by atoms with Crippen molar-refractivity contribution in [1.29, 1.82) is 0 Å². The standard InChI is InChI=1S/C10H15N3O/c1-3-12-10(14)9-5-4-8(6-11)13-7(9)2/h4-5H,3,6,11H2,1-2H3,(H,12,14). The number of carbonyl (C=O) groups excluding carboxylic acids is 1. The highest BCUT2D eigenvalue weighted by molar-refractivity contribution is 5.95. The van der Waals surface area contributed by atoms with Crippen LogP contribution in [-0.4, -0.2) is 17.4 Å². The van der Waals surface area contributed by atoms with Crippen LogP contribution in [0.5, 0.6) is 0 Å². The van der Waals surface area contributed by atoms with E-state index in [1.165, 1.54) is 0 Å². The van der Waals surface area contributed by atoms with Gasteiger partial charge in [-0.2, -0.15) is 0 Å². The van der Waals surface area contributed by atoms with Crippen LogP contribution in [0.1, 0.15) is 28.7 Å². The second kappa shape index (κ2) is 4.72. The zero-order valence-corrected chi connectivity index (χ0v) is 8.50. The van der Waals surface area contributed by atoms with E-state index in [9.17, 15) is 4.79 Å². The summed E-state index contributed by atoms with van der Waals surface area (Å²) in [5.41, 5.74) is 7.58. The van der Waals surface area contributed by atoms with Crippen LogP contribution in [0.4, 0.5) is 0 Å². The summed E-state index contributed by atoms with van der Waals surface area (Å²) in [6.07, 6.45) is 0. The molecule has 1 amide bonds. The Morgan fingerprint density at radius 1 is 1.57 bits per heavy atom. The van der Waals surface area contributed by atoms with E-state index in [-0.39, 0.29) is 5.91 Å². The molecule has 3 N–H and O–H groups in total. The summed E-state index contributed by atoms with van der Waals surface area (Å²) in [6.45, 7) is 4.71. The molecule has 1 heterocycles. The lowest BCUT2D eigenvalue weighted by Gasteiger charge is -2.06. The highest BCUT2D eigenvalue weighted by Crippen LogP contribution is 2.06. The maximum atomic E-state index is 11.5. The smallest absolute Gasteiger partial charge is 0.253 e. The summed E-state index contributed by atoms with van der Waals surface area (Å²) in [6, 6.07) is 3.53. The van der Waals surface area contributed by atoms with Gasteiger partial charge >= 0.3 is 0 Å². The summed E-state index contributed by atoms with van der Waals surface area (Å²) < 4.78 is 0. The SMILES string of the molecule is CCNC(=O)c1ccc(CN)nc1C. The molecule has 0 spiro atoms. The van der Waals surface area contributed by atoms with Gasteiger partial charge in [0.25, 0.3) is 5.91 Å². The molecule has 0 unspecified atom stereocenters. The quantitative estimate of drug-likeness (QED) is 0.738. The van der Waals surface area contributed by atoms with Crippen LogP contribution in [0.15, 0.2) is 12.1 Å². The topological polar surface area (TPSA) is 68.0 Å². The van der Waals surface area contributed by atoms with Gasteiger partial charge in [0, 0.05) is 13.1 Å². The molecular formula is C10H15N3O. The number of hydrogen-bond donors (Lipinski definition) is 2. The van der Waals surface area contributed by atoms with Crippen LogP contribution >= 0.6 is 0 Å². The van der Waals surface area contributed by atoms with Gasteiger partial charge in [-0.3, -0.25) is 9.78 Å². The number of carbonyl (C=O) groups is 1. The van der Waals surface area contributed by atoms with Gasteiger partial charge in [-0.15, -0.1) is 0 Å². The first-order valence-electron chi connectivity index (χ1n) is 4.63. The first-order chi connectivity index (χ1) is 6.69. The molecule has 0 bridgehead atoms. The van der Waals surface area contributed by atoms with Crippen molar-refractivity contribution in [3.05, 3.63) is 29.1 Å². The Balaban J connectivity index is 2.94. The first-order valence-corrected chi connectivity index (χ1v) is 4.63. The minimum absolute atomic E-state index is 0.0823. The summed E-state index contributed by atoms with van der Waals surface area (Å²) >= 11 is 0. The van der Waals surface area contributed by atoms with E-state index in [2.05, 4.69) is 10.3 Å². The number of aromatic nitrogens is 1. The summed E-state index contributed by atoms with van der Waals surface area (Å²) in [5.74, 6) is -0.0823. The molecular weight excluding hydrogens is 178 g/mol. The maximum absolute atomic E-state index is 11.5. The first kappa shape index (κ1) is 10.7. The van der Waals surface area contributed by atoms with Gasteiger partial charge in [-0.1, -0.05) is 0 Å². The van der Waals surface area contributed by atoms with Crippen LogP contribution < -0.4 is 11.1 Å². The van der Waals surface area contributed by atoms with Crippen molar-refractivity contribution in [1.82, 2.24) is 10.3 Å². The van der Waals surface area contributed by atoms with Crippen LogP contribution in [0.3, 0.4) is 0 Å². The highest BCUT2D eigenvalue weighted by atomic mass is 16.1. The van der Waals surface area contributed by atoms with Gasteiger partial charge in [0.15, 0.2) is 0 Å². The summed E-state index contributed by atoms with van der Waals surface area (Å²) in [7, 11) is 0. The predicted molar refractivity (Wildman–Crippen MR) is 54.9 cm³/mol. The van der Waals surface area contributed by atoms with Crippen molar-refractivity contribution in [2.45, 2.75) is 20.4 Å². The van der Waals surface area contributed by atoms with Gasteiger partial charge in [-0.05, 0) is 26.0 Å². The number of nitrogens with two attached hydrogens (primary N) is 1. The van der Waals surface area contributed by atoms with Crippen molar-refractivity contribution >= 4 is 5.91 Å². The second-order valence-corrected chi connectivity index (χ2v) is 3.00. The lowest BCUT2D eigenvalue weighted by molar-refractivity contribution is 0.0955. The molecule has 0 radical (unpaired) electrons. The minimum Gasteiger partial charge on any atom is -0.352 e. The molecule has 4 nitrogen and oxygen atoms in total. The molecule has 0 saturated carbocycles. The Morgan fingerprint density at radius 2 is 2.29 bits per heavy atom. The number of aryl methyl sites for hydroxylation is 1. The Kier molecular flexibility index (Phi) is 3.59. The van der Waals surface area contributed by atoms with Gasteiger partial charge in [0.1, 0.15) is 0 Å². The van der Waals surface area contributed by atoms with Gasteiger partial charge in [0.2, 0.25) is 0 Å². The van der Waals surface area contributed by atoms with E-state index in [0.717, 1.165) is 11.4 Å². The molecule has 0 aliphatic rings. The Bertz CT molecular complexity index is 336. The fourth-order valence-electron chi connectivity index (χ4n) is 1.22. The molecule has 76 valence electrons. The Hall–Kier alpha value is -1.42. The van der Waals surface area contributed by atoms with Crippen molar-refractivity contribution in [2.75, 3.05) is 6.54 Å². The van der Waals surface area contributed by atoms with Crippen molar-refractivity contribution in [2.24, 2.45) is 5.73 Å². The average molecular weight is 193 g/mol. The number of pyridine rings is 1. The van der Waals surface area contributed by atoms with Crippen LogP contribution in [0.2, 0.25) is 0 Å². The third-order valence-corrected chi connectivity index (χ3v) is 1.93. The van der Waals surface area contributed by atoms with E-state index >= 15 is 0 Å². The lowest BCUT2D eigenvalue weighted by Crippen LogP contribution is -2.24. The van der Waals surface area contributed by atoms with Gasteiger partial charge in [0.05, 0.1) is 17.0 Å². The van der Waals surface area contributed by atoms with E-state index in [1.54, 1.807) is 12.1 Å². The van der Waals surface area contributed by atoms with Crippen LogP contribution in [0, 0.1) is 6.92 Å². The second-order valence-electron chi connectivity index (χ2n) is 3.00. The monoisotopic (exact) mass is 193 g/mol. The Labute approximate surface area is 83.5 Å². The molecule has 1 rings (SSSR count). The minimum atomic E-state index is -0.0823. The summed E-state index contributed by atoms with van der Waals surface area (Å²) in [5, 5.41) is 2.73. The molecule has 1 aromatic heterocycles. The predicted octanol–water partition coefficient (Wildman–Crippen LogP) is 0.598. The van der Waals surface area contributed by atoms with Gasteiger partial charge in [-0.25, -0.2) is 0 Å². The number of amides is 1. The third kappa shape index (κ3) is 2.29. The molecule has 0 atom stereocenters. The van der Waals surface area contributed by atoms with E-state index in [4.69, 9.17) is 5.73 Å². The zero-order valence-electron chi connectivity index (χ0n) is 8.50. The zero-order chi connectivity index (χ0) is 10.6. The van der Waals surface area contributed by atoms with Crippen molar-refractivity contribution in [3.8, 4) is 0 Å².